The second kappa shape index (κ2) is 10.3. The van der Waals surface area contributed by atoms with Crippen LogP contribution in [0.25, 0.3) is 0 Å². The van der Waals surface area contributed by atoms with Crippen molar-refractivity contribution in [2.75, 3.05) is 6.61 Å². The van der Waals surface area contributed by atoms with Crippen LogP contribution in [0, 0.1) is 46.3 Å². The van der Waals surface area contributed by atoms with Crippen LogP contribution in [0.3, 0.4) is 0 Å². The zero-order chi connectivity index (χ0) is 27.4. The summed E-state index contributed by atoms with van der Waals surface area (Å²) in [6.07, 6.45) is 8.60. The summed E-state index contributed by atoms with van der Waals surface area (Å²) >= 11 is 0. The van der Waals surface area contributed by atoms with Crippen LogP contribution in [0.5, 0.6) is 0 Å². The quantitative estimate of drug-likeness (QED) is 0.396. The predicted octanol–water partition coefficient (Wildman–Crippen LogP) is 5.25. The number of carbonyl (C=O) groups is 1. The minimum absolute atomic E-state index is 0.176. The maximum Gasteiger partial charge on any atom is 0.420 e. The summed E-state index contributed by atoms with van der Waals surface area (Å²) in [4.78, 5) is 12.1. The van der Waals surface area contributed by atoms with Crippen LogP contribution in [0.4, 0.5) is 4.79 Å². The lowest BCUT2D eigenvalue weighted by molar-refractivity contribution is -0.202. The van der Waals surface area contributed by atoms with Gasteiger partial charge in [0.15, 0.2) is 0 Å². The summed E-state index contributed by atoms with van der Waals surface area (Å²) in [5, 5.41) is 22.2. The van der Waals surface area contributed by atoms with E-state index in [1.54, 1.807) is 20.8 Å². The molecule has 0 aromatic carbocycles. The molecular weight excluding hydrogens is 490 g/mol. The van der Waals surface area contributed by atoms with Crippen molar-refractivity contribution in [2.45, 2.75) is 123 Å². The van der Waals surface area contributed by atoms with E-state index >= 15 is 0 Å². The van der Waals surface area contributed by atoms with Gasteiger partial charge in [0.05, 0.1) is 23.6 Å². The lowest BCUT2D eigenvalue weighted by atomic mass is 9.41. The number of fused-ring (bicyclic) bond motifs is 5. The van der Waals surface area contributed by atoms with Crippen molar-refractivity contribution in [3.8, 4) is 0 Å². The van der Waals surface area contributed by atoms with E-state index in [9.17, 15) is 23.4 Å². The maximum atomic E-state index is 12.2. The van der Waals surface area contributed by atoms with Gasteiger partial charge in [-0.15, -0.1) is 0 Å². The van der Waals surface area contributed by atoms with Gasteiger partial charge in [0.25, 0.3) is 0 Å². The molecule has 214 valence electrons. The molecule has 4 fully saturated rings. The molecular formula is C29H51NO6S. The Kier molecular flexibility index (Phi) is 8.09. The number of nitrogens with one attached hydrogen (secondary N) is 1. The highest BCUT2D eigenvalue weighted by Gasteiger charge is 2.64. The number of rotatable bonds is 6. The lowest BCUT2D eigenvalue weighted by Crippen LogP contribution is -2.62. The van der Waals surface area contributed by atoms with Crippen molar-refractivity contribution in [3.63, 3.8) is 0 Å². The average Bonchev–Trinajstić information content (AvgIpc) is 3.13. The highest BCUT2D eigenvalue weighted by molar-refractivity contribution is 7.91. The summed E-state index contributed by atoms with van der Waals surface area (Å²) in [7, 11) is -3.78. The Morgan fingerprint density at radius 2 is 1.65 bits per heavy atom. The van der Waals surface area contributed by atoms with E-state index in [1.165, 1.54) is 6.42 Å². The molecule has 8 heteroatoms. The third-order valence-electron chi connectivity index (χ3n) is 11.5. The molecule has 37 heavy (non-hydrogen) atoms. The van der Waals surface area contributed by atoms with Gasteiger partial charge in [0, 0.05) is 0 Å². The van der Waals surface area contributed by atoms with Gasteiger partial charge >= 0.3 is 6.09 Å². The first-order valence-electron chi connectivity index (χ1n) is 14.7. The van der Waals surface area contributed by atoms with Crippen molar-refractivity contribution in [1.29, 1.82) is 0 Å². The average molecular weight is 542 g/mol. The van der Waals surface area contributed by atoms with Crippen molar-refractivity contribution in [1.82, 2.24) is 4.72 Å². The molecule has 10 atom stereocenters. The summed E-state index contributed by atoms with van der Waals surface area (Å²) < 4.78 is 30.5. The zero-order valence-electron chi connectivity index (χ0n) is 23.8. The fourth-order valence-electron chi connectivity index (χ4n) is 9.33. The fraction of sp³-hybridized carbons (Fsp3) is 0.966. The second-order valence-electron chi connectivity index (χ2n) is 14.2. The molecule has 7 nitrogen and oxygen atoms in total. The number of carbonyl (C=O) groups excluding carboxylic acids is 1. The second-order valence-corrected chi connectivity index (χ2v) is 16.6. The maximum absolute atomic E-state index is 12.2. The summed E-state index contributed by atoms with van der Waals surface area (Å²) in [6, 6.07) is 0. The molecule has 0 heterocycles. The van der Waals surface area contributed by atoms with Crippen molar-refractivity contribution < 1.29 is 28.2 Å². The minimum atomic E-state index is -3.78. The van der Waals surface area contributed by atoms with Crippen LogP contribution >= 0.6 is 0 Å². The molecule has 4 saturated carbocycles. The van der Waals surface area contributed by atoms with E-state index in [0.29, 0.717) is 36.0 Å². The van der Waals surface area contributed by atoms with Crippen LogP contribution in [0.15, 0.2) is 0 Å². The molecule has 0 saturated heterocycles. The normalized spacial score (nSPS) is 43.9. The third-order valence-corrected chi connectivity index (χ3v) is 13.6. The molecule has 3 N–H and O–H groups in total. The molecule has 4 rings (SSSR count). The number of aliphatic hydroxyl groups is 2. The van der Waals surface area contributed by atoms with Gasteiger partial charge in [-0.25, -0.2) is 17.9 Å². The number of amides is 1. The Bertz CT molecular complexity index is 947. The summed E-state index contributed by atoms with van der Waals surface area (Å²) in [5.41, 5.74) is 0.382. The smallest absolute Gasteiger partial charge is 0.420 e. The van der Waals surface area contributed by atoms with Gasteiger partial charge in [-0.2, -0.15) is 0 Å². The Morgan fingerprint density at radius 1 is 1.00 bits per heavy atom. The molecule has 4 aliphatic rings. The number of hydrogen-bond acceptors (Lipinski definition) is 6. The molecule has 1 amide bonds. The van der Waals surface area contributed by atoms with Crippen LogP contribution in [0.2, 0.25) is 0 Å². The molecule has 4 aliphatic carbocycles. The van der Waals surface area contributed by atoms with E-state index in [2.05, 4.69) is 20.8 Å². The van der Waals surface area contributed by atoms with E-state index in [1.807, 2.05) is 4.72 Å². The Labute approximate surface area is 224 Å². The molecule has 0 bridgehead atoms. The number of ether oxygens (including phenoxy) is 1. The number of aliphatic hydroxyl groups excluding tert-OH is 2. The number of sulfonamides is 1. The number of hydrogen-bond donors (Lipinski definition) is 3. The van der Waals surface area contributed by atoms with Crippen LogP contribution < -0.4 is 4.72 Å². The molecule has 0 aromatic rings. The van der Waals surface area contributed by atoms with Gasteiger partial charge in [0.2, 0.25) is 10.0 Å². The van der Waals surface area contributed by atoms with Gasteiger partial charge in [0.1, 0.15) is 0 Å². The van der Waals surface area contributed by atoms with Gasteiger partial charge < -0.3 is 14.9 Å². The first kappa shape index (κ1) is 29.1. The summed E-state index contributed by atoms with van der Waals surface area (Å²) in [6.45, 7) is 11.9. The molecule has 0 spiro atoms. The highest BCUT2D eigenvalue weighted by Crippen LogP contribution is 2.69. The van der Waals surface area contributed by atoms with E-state index in [-0.39, 0.29) is 35.6 Å². The van der Waals surface area contributed by atoms with Crippen LogP contribution in [-0.4, -0.2) is 48.3 Å². The van der Waals surface area contributed by atoms with E-state index in [4.69, 9.17) is 4.74 Å². The van der Waals surface area contributed by atoms with E-state index < -0.39 is 20.9 Å². The standard InChI is InChI=1S/C29H51NO6S/c1-7-20-23-17-19(31)12-14-29(23,6)22-13-15-28(5)18(10-11-21(28)24(22)25(20)32)9-8-16-36-26(33)30-37(34,35)27(2,3)4/h18-25,31-32H,7-17H2,1-6H3,(H,30,33)/t18-,19+,20+,21-,22-,23-,24-,25+,28+,29+/m0/s1. The fourth-order valence-corrected chi connectivity index (χ4v) is 9.91. The lowest BCUT2D eigenvalue weighted by Gasteiger charge is -2.64. The minimum Gasteiger partial charge on any atom is -0.449 e. The van der Waals surface area contributed by atoms with Gasteiger partial charge in [-0.3, -0.25) is 0 Å². The highest BCUT2D eigenvalue weighted by atomic mass is 32.2. The SMILES string of the molecule is CC[C@H]1[C@@H](O)[C@@H]2[C@H](CC[C@]3(C)[C@@H](CCCOC(=O)NS(=O)(=O)C(C)(C)C)CC[C@@H]23)[C@@]2(C)CC[C@@H](O)C[C@@H]12. The Balaban J connectivity index is 1.39. The largest absolute Gasteiger partial charge is 0.449 e. The molecule has 0 unspecified atom stereocenters. The van der Waals surface area contributed by atoms with Crippen molar-refractivity contribution in [3.05, 3.63) is 0 Å². The Morgan fingerprint density at radius 3 is 2.30 bits per heavy atom. The van der Waals surface area contributed by atoms with Crippen LogP contribution in [0.1, 0.15) is 106 Å². The zero-order valence-corrected chi connectivity index (χ0v) is 24.6. The third kappa shape index (κ3) is 5.08. The first-order chi connectivity index (χ1) is 17.2. The van der Waals surface area contributed by atoms with Crippen molar-refractivity contribution in [2.24, 2.45) is 46.3 Å². The molecule has 0 aromatic heterocycles. The van der Waals surface area contributed by atoms with Gasteiger partial charge in [-0.05, 0) is 125 Å². The van der Waals surface area contributed by atoms with E-state index in [0.717, 1.165) is 51.4 Å². The van der Waals surface area contributed by atoms with Crippen LogP contribution in [-0.2, 0) is 14.8 Å². The molecule has 0 aliphatic heterocycles. The molecule has 0 radical (unpaired) electrons. The first-order valence-corrected chi connectivity index (χ1v) is 16.2. The van der Waals surface area contributed by atoms with Gasteiger partial charge in [-0.1, -0.05) is 27.2 Å². The summed E-state index contributed by atoms with van der Waals surface area (Å²) in [5.74, 6) is 2.55. The monoisotopic (exact) mass is 541 g/mol. The Hall–Kier alpha value is -0.860. The van der Waals surface area contributed by atoms with Crippen molar-refractivity contribution >= 4 is 16.1 Å². The predicted molar refractivity (Wildman–Crippen MR) is 144 cm³/mol. The topological polar surface area (TPSA) is 113 Å².